The zero-order valence-electron chi connectivity index (χ0n) is 12.3. The molecule has 0 atom stereocenters. The van der Waals surface area contributed by atoms with Gasteiger partial charge in [0.2, 0.25) is 0 Å². The van der Waals surface area contributed by atoms with Crippen molar-refractivity contribution in [2.24, 2.45) is 5.10 Å². The molecule has 0 radical (unpaired) electrons. The number of nitrogens with zero attached hydrogens (tertiary/aromatic N) is 2. The molecule has 4 heteroatoms. The molecular formula is C19H14ClN3. The Kier molecular flexibility index (Phi) is 3.48. The maximum Gasteiger partial charge on any atom is 0.0960 e. The van der Waals surface area contributed by atoms with Crippen molar-refractivity contribution in [3.63, 3.8) is 0 Å². The number of benzene rings is 3. The van der Waals surface area contributed by atoms with Crippen LogP contribution in [-0.2, 0) is 0 Å². The Bertz CT molecular complexity index is 916. The van der Waals surface area contributed by atoms with Gasteiger partial charge in [0.25, 0.3) is 0 Å². The van der Waals surface area contributed by atoms with Gasteiger partial charge in [-0.05, 0) is 28.5 Å². The molecule has 0 aliphatic carbocycles. The standard InChI is InChI=1S/C19H14ClN3/c20-23-21-18(15-7-2-1-3-8-15)13-19(22-23)17-11-10-14-6-4-5-9-16(14)12-17/h1-13,21H. The molecule has 0 fully saturated rings. The summed E-state index contributed by atoms with van der Waals surface area (Å²) in [6.45, 7) is 0. The van der Waals surface area contributed by atoms with Crippen molar-refractivity contribution >= 4 is 34.0 Å². The van der Waals surface area contributed by atoms with Crippen LogP contribution < -0.4 is 5.43 Å². The van der Waals surface area contributed by atoms with E-state index >= 15 is 0 Å². The van der Waals surface area contributed by atoms with Crippen LogP contribution in [0.1, 0.15) is 11.1 Å². The van der Waals surface area contributed by atoms with Crippen molar-refractivity contribution in [3.05, 3.63) is 90.0 Å². The second-order valence-electron chi connectivity index (χ2n) is 5.34. The minimum Gasteiger partial charge on any atom is -0.266 e. The highest BCUT2D eigenvalue weighted by atomic mass is 35.5. The van der Waals surface area contributed by atoms with E-state index in [1.165, 1.54) is 15.4 Å². The molecule has 1 heterocycles. The number of hydrogen-bond donors (Lipinski definition) is 1. The normalized spacial score (nSPS) is 14.2. The van der Waals surface area contributed by atoms with Gasteiger partial charge in [-0.2, -0.15) is 0 Å². The van der Waals surface area contributed by atoms with Gasteiger partial charge in [-0.3, -0.25) is 5.43 Å². The zero-order valence-corrected chi connectivity index (χ0v) is 13.0. The molecular weight excluding hydrogens is 306 g/mol. The number of fused-ring (bicyclic) bond motifs is 1. The van der Waals surface area contributed by atoms with E-state index in [0.29, 0.717) is 0 Å². The fourth-order valence-electron chi connectivity index (χ4n) is 2.67. The van der Waals surface area contributed by atoms with Crippen molar-refractivity contribution in [2.45, 2.75) is 0 Å². The molecule has 0 aromatic heterocycles. The summed E-state index contributed by atoms with van der Waals surface area (Å²) in [6, 6.07) is 24.6. The van der Waals surface area contributed by atoms with Gasteiger partial charge in [0.1, 0.15) is 0 Å². The van der Waals surface area contributed by atoms with E-state index in [4.69, 9.17) is 11.8 Å². The van der Waals surface area contributed by atoms with E-state index in [9.17, 15) is 0 Å². The molecule has 0 saturated carbocycles. The summed E-state index contributed by atoms with van der Waals surface area (Å²) in [5, 5.41) is 6.75. The average Bonchev–Trinajstić information content (AvgIpc) is 2.61. The van der Waals surface area contributed by atoms with Crippen LogP contribution >= 0.6 is 11.8 Å². The van der Waals surface area contributed by atoms with Crippen LogP contribution in [0.15, 0.2) is 84.0 Å². The molecule has 0 amide bonds. The van der Waals surface area contributed by atoms with Crippen molar-refractivity contribution in [3.8, 4) is 0 Å². The molecule has 3 nitrogen and oxygen atoms in total. The minimum atomic E-state index is 0.823. The van der Waals surface area contributed by atoms with Crippen molar-refractivity contribution in [2.75, 3.05) is 0 Å². The van der Waals surface area contributed by atoms with Crippen molar-refractivity contribution < 1.29 is 0 Å². The van der Waals surface area contributed by atoms with E-state index in [-0.39, 0.29) is 0 Å². The number of halogens is 1. The quantitative estimate of drug-likeness (QED) is 0.701. The Hall–Kier alpha value is -2.78. The lowest BCUT2D eigenvalue weighted by atomic mass is 10.0. The van der Waals surface area contributed by atoms with Gasteiger partial charge in [0, 0.05) is 5.56 Å². The van der Waals surface area contributed by atoms with Gasteiger partial charge in [-0.15, -0.1) is 9.74 Å². The smallest absolute Gasteiger partial charge is 0.0960 e. The summed E-state index contributed by atoms with van der Waals surface area (Å²) in [5.41, 5.74) is 6.87. The van der Waals surface area contributed by atoms with E-state index in [1.54, 1.807) is 0 Å². The lowest BCUT2D eigenvalue weighted by Crippen LogP contribution is -2.29. The molecule has 3 aromatic carbocycles. The van der Waals surface area contributed by atoms with Crippen molar-refractivity contribution in [1.29, 1.82) is 0 Å². The highest BCUT2D eigenvalue weighted by Crippen LogP contribution is 2.21. The Morgan fingerprint density at radius 3 is 2.35 bits per heavy atom. The Morgan fingerprint density at radius 2 is 1.52 bits per heavy atom. The third-order valence-electron chi connectivity index (χ3n) is 3.82. The van der Waals surface area contributed by atoms with Crippen LogP contribution in [0.5, 0.6) is 0 Å². The summed E-state index contributed by atoms with van der Waals surface area (Å²) in [4.78, 5) is 0. The van der Waals surface area contributed by atoms with Crippen molar-refractivity contribution in [1.82, 2.24) is 10.1 Å². The van der Waals surface area contributed by atoms with Gasteiger partial charge >= 0.3 is 0 Å². The topological polar surface area (TPSA) is 27.6 Å². The first-order chi connectivity index (χ1) is 11.3. The SMILES string of the molecule is ClN1N=C(c2ccc3ccccc3c2)C=C(c2ccccc2)N1. The van der Waals surface area contributed by atoms with Gasteiger partial charge in [0.05, 0.1) is 23.2 Å². The molecule has 1 N–H and O–H groups in total. The van der Waals surface area contributed by atoms with Gasteiger partial charge in [-0.1, -0.05) is 66.7 Å². The lowest BCUT2D eigenvalue weighted by Gasteiger charge is -2.21. The van der Waals surface area contributed by atoms with Crippen LogP contribution in [0.2, 0.25) is 0 Å². The third kappa shape index (κ3) is 2.79. The second-order valence-corrected chi connectivity index (χ2v) is 5.66. The average molecular weight is 320 g/mol. The number of hydrazine groups is 1. The Balaban J connectivity index is 1.78. The molecule has 0 unspecified atom stereocenters. The zero-order chi connectivity index (χ0) is 15.6. The lowest BCUT2D eigenvalue weighted by molar-refractivity contribution is 0.423. The minimum absolute atomic E-state index is 0.823. The molecule has 1 aliphatic heterocycles. The molecule has 1 aliphatic rings. The van der Waals surface area contributed by atoms with Crippen LogP contribution in [-0.4, -0.2) is 10.3 Å². The maximum absolute atomic E-state index is 6.12. The molecule has 4 rings (SSSR count). The highest BCUT2D eigenvalue weighted by molar-refractivity contribution is 6.18. The van der Waals surface area contributed by atoms with Crippen LogP contribution in [0.3, 0.4) is 0 Å². The predicted octanol–water partition coefficient (Wildman–Crippen LogP) is 4.56. The Labute approximate surface area is 139 Å². The van der Waals surface area contributed by atoms with Gasteiger partial charge < -0.3 is 0 Å². The highest BCUT2D eigenvalue weighted by Gasteiger charge is 2.14. The maximum atomic E-state index is 6.12. The van der Waals surface area contributed by atoms with E-state index in [1.807, 2.05) is 48.5 Å². The van der Waals surface area contributed by atoms with Crippen LogP contribution in [0.4, 0.5) is 0 Å². The summed E-state index contributed by atoms with van der Waals surface area (Å²) >= 11 is 6.12. The molecule has 0 spiro atoms. The number of hydrogen-bond acceptors (Lipinski definition) is 3. The molecule has 112 valence electrons. The molecule has 0 saturated heterocycles. The molecule has 3 aromatic rings. The third-order valence-corrected chi connectivity index (χ3v) is 3.98. The Morgan fingerprint density at radius 1 is 0.783 bits per heavy atom. The van der Waals surface area contributed by atoms with Gasteiger partial charge in [-0.25, -0.2) is 0 Å². The number of rotatable bonds is 2. The van der Waals surface area contributed by atoms with E-state index in [2.05, 4.69) is 40.9 Å². The number of allylic oxidation sites excluding steroid dienone is 1. The first-order valence-corrected chi connectivity index (χ1v) is 7.71. The fourth-order valence-corrected chi connectivity index (χ4v) is 2.84. The first-order valence-electron chi connectivity index (χ1n) is 7.37. The first kappa shape index (κ1) is 13.9. The predicted molar refractivity (Wildman–Crippen MR) is 95.7 cm³/mol. The summed E-state index contributed by atoms with van der Waals surface area (Å²) in [5.74, 6) is 0. The summed E-state index contributed by atoms with van der Waals surface area (Å²) in [6.07, 6.45) is 2.01. The number of hydrazone groups is 1. The van der Waals surface area contributed by atoms with E-state index in [0.717, 1.165) is 22.5 Å². The van der Waals surface area contributed by atoms with Gasteiger partial charge in [0.15, 0.2) is 0 Å². The fraction of sp³-hybridized carbons (Fsp3) is 0. The largest absolute Gasteiger partial charge is 0.266 e. The number of nitrogens with one attached hydrogen (secondary N) is 1. The molecule has 0 bridgehead atoms. The van der Waals surface area contributed by atoms with Crippen LogP contribution in [0.25, 0.3) is 16.5 Å². The van der Waals surface area contributed by atoms with Crippen LogP contribution in [0, 0.1) is 0 Å². The van der Waals surface area contributed by atoms with E-state index < -0.39 is 0 Å². The molecule has 23 heavy (non-hydrogen) atoms. The monoisotopic (exact) mass is 319 g/mol. The summed E-state index contributed by atoms with van der Waals surface area (Å²) < 4.78 is 1.23. The summed E-state index contributed by atoms with van der Waals surface area (Å²) in [7, 11) is 0. The second kappa shape index (κ2) is 5.78.